The molecule has 1 aromatic rings. The molecule has 0 saturated heterocycles. The molecule has 1 aromatic carbocycles. The third kappa shape index (κ3) is 3.27. The van der Waals surface area contributed by atoms with Gasteiger partial charge >= 0.3 is 0 Å². The van der Waals surface area contributed by atoms with E-state index in [2.05, 4.69) is 45.6 Å². The van der Waals surface area contributed by atoms with Crippen molar-refractivity contribution in [3.05, 3.63) is 34.3 Å². The second-order valence-corrected chi connectivity index (χ2v) is 4.32. The zero-order chi connectivity index (χ0) is 10.6. The summed E-state index contributed by atoms with van der Waals surface area (Å²) in [4.78, 5) is 0. The molecule has 0 fully saturated rings. The maximum absolute atomic E-state index is 5.03. The van der Waals surface area contributed by atoms with Crippen LogP contribution in [0.25, 0.3) is 0 Å². The number of nitrogens with one attached hydrogen (secondary N) is 2. The molecule has 0 unspecified atom stereocenters. The minimum absolute atomic E-state index is 0.225. The lowest BCUT2D eigenvalue weighted by Crippen LogP contribution is -2.34. The van der Waals surface area contributed by atoms with Gasteiger partial charge in [0, 0.05) is 11.5 Å². The van der Waals surface area contributed by atoms with Crippen LogP contribution in [0, 0.1) is 0 Å². The van der Waals surface area contributed by atoms with E-state index < -0.39 is 0 Å². The Labute approximate surface area is 98.2 Å². The zero-order valence-electron chi connectivity index (χ0n) is 8.17. The van der Waals surface area contributed by atoms with E-state index in [0.29, 0.717) is 5.11 Å². The smallest absolute Gasteiger partial charge is 0.166 e. The van der Waals surface area contributed by atoms with E-state index in [1.54, 1.807) is 0 Å². The molecule has 76 valence electrons. The molecule has 0 aliphatic carbocycles. The Morgan fingerprint density at radius 3 is 2.43 bits per heavy atom. The molecule has 0 amide bonds. The van der Waals surface area contributed by atoms with Gasteiger partial charge in [-0.2, -0.15) is 0 Å². The van der Waals surface area contributed by atoms with Crippen molar-refractivity contribution in [2.45, 2.75) is 13.0 Å². The average Bonchev–Trinajstić information content (AvgIpc) is 2.18. The maximum Gasteiger partial charge on any atom is 0.166 e. The molecule has 0 aliphatic heterocycles. The van der Waals surface area contributed by atoms with Gasteiger partial charge in [0.15, 0.2) is 5.11 Å². The second-order valence-electron chi connectivity index (χ2n) is 3.00. The zero-order valence-corrected chi connectivity index (χ0v) is 10.6. The lowest BCUT2D eigenvalue weighted by atomic mass is 10.1. The van der Waals surface area contributed by atoms with E-state index in [0.717, 1.165) is 4.47 Å². The Morgan fingerprint density at radius 1 is 1.36 bits per heavy atom. The van der Waals surface area contributed by atoms with Crippen LogP contribution < -0.4 is 10.6 Å². The van der Waals surface area contributed by atoms with Gasteiger partial charge < -0.3 is 10.6 Å². The fourth-order valence-corrected chi connectivity index (χ4v) is 1.54. The van der Waals surface area contributed by atoms with Crippen LogP contribution in [0.3, 0.4) is 0 Å². The fourth-order valence-electron chi connectivity index (χ4n) is 1.10. The topological polar surface area (TPSA) is 24.1 Å². The van der Waals surface area contributed by atoms with Gasteiger partial charge in [0.1, 0.15) is 0 Å². The first-order valence-corrected chi connectivity index (χ1v) is 5.57. The van der Waals surface area contributed by atoms with Gasteiger partial charge in [-0.05, 0) is 36.8 Å². The molecule has 1 atom stereocenters. The third-order valence-corrected chi connectivity index (χ3v) is 2.80. The van der Waals surface area contributed by atoms with Crippen LogP contribution in [0.5, 0.6) is 0 Å². The Hall–Kier alpha value is -0.610. The predicted octanol–water partition coefficient (Wildman–Crippen LogP) is 2.60. The van der Waals surface area contributed by atoms with E-state index >= 15 is 0 Å². The molecule has 0 saturated carbocycles. The molecule has 0 aromatic heterocycles. The highest BCUT2D eigenvalue weighted by Gasteiger charge is 2.04. The quantitative estimate of drug-likeness (QED) is 0.810. The first-order chi connectivity index (χ1) is 6.63. The predicted molar refractivity (Wildman–Crippen MR) is 67.4 cm³/mol. The molecular weight excluding hydrogens is 260 g/mol. The highest BCUT2D eigenvalue weighted by atomic mass is 79.9. The number of rotatable bonds is 2. The molecule has 0 spiro atoms. The van der Waals surface area contributed by atoms with Crippen molar-refractivity contribution in [3.63, 3.8) is 0 Å². The summed E-state index contributed by atoms with van der Waals surface area (Å²) in [5.74, 6) is 0. The minimum Gasteiger partial charge on any atom is -0.366 e. The number of halogens is 1. The summed E-state index contributed by atoms with van der Waals surface area (Å²) in [5.41, 5.74) is 1.21. The lowest BCUT2D eigenvalue weighted by molar-refractivity contribution is 0.709. The monoisotopic (exact) mass is 272 g/mol. The first kappa shape index (κ1) is 11.5. The van der Waals surface area contributed by atoms with E-state index in [1.807, 2.05) is 19.2 Å². The lowest BCUT2D eigenvalue weighted by Gasteiger charge is -2.15. The van der Waals surface area contributed by atoms with Gasteiger partial charge in [-0.1, -0.05) is 28.1 Å². The number of thiocarbonyl (C=S) groups is 1. The summed E-state index contributed by atoms with van der Waals surface area (Å²) in [6, 6.07) is 8.41. The molecule has 0 radical (unpaired) electrons. The Kier molecular flexibility index (Phi) is 4.35. The van der Waals surface area contributed by atoms with Crippen LogP contribution >= 0.6 is 28.1 Å². The number of hydrogen-bond acceptors (Lipinski definition) is 1. The molecule has 1 rings (SSSR count). The molecule has 0 aliphatic rings. The summed E-state index contributed by atoms with van der Waals surface area (Å²) >= 11 is 8.43. The van der Waals surface area contributed by atoms with Gasteiger partial charge in [0.2, 0.25) is 0 Å². The molecular formula is C10H13BrN2S. The van der Waals surface area contributed by atoms with Crippen molar-refractivity contribution in [2.24, 2.45) is 0 Å². The fraction of sp³-hybridized carbons (Fsp3) is 0.300. The minimum atomic E-state index is 0.225. The van der Waals surface area contributed by atoms with Crippen molar-refractivity contribution in [1.29, 1.82) is 0 Å². The summed E-state index contributed by atoms with van der Waals surface area (Å²) in [5, 5.41) is 6.73. The SMILES string of the molecule is CNC(=S)N[C@H](C)c1ccc(Br)cc1. The number of benzene rings is 1. The standard InChI is InChI=1S/C10H13BrN2S/c1-7(13-10(14)12-2)8-3-5-9(11)6-4-8/h3-7H,1-2H3,(H2,12,13,14)/t7-/m1/s1. The average molecular weight is 273 g/mol. The summed E-state index contributed by atoms with van der Waals surface area (Å²) in [6.45, 7) is 2.08. The summed E-state index contributed by atoms with van der Waals surface area (Å²) in [6.07, 6.45) is 0. The molecule has 2 nitrogen and oxygen atoms in total. The Balaban J connectivity index is 2.65. The molecule has 0 heterocycles. The third-order valence-electron chi connectivity index (χ3n) is 1.94. The van der Waals surface area contributed by atoms with Crippen LogP contribution in [0.2, 0.25) is 0 Å². The summed E-state index contributed by atoms with van der Waals surface area (Å²) < 4.78 is 1.09. The van der Waals surface area contributed by atoms with E-state index in [4.69, 9.17) is 12.2 Å². The Morgan fingerprint density at radius 2 is 1.93 bits per heavy atom. The highest BCUT2D eigenvalue weighted by Crippen LogP contribution is 2.16. The van der Waals surface area contributed by atoms with Gasteiger partial charge in [0.05, 0.1) is 6.04 Å². The summed E-state index contributed by atoms with van der Waals surface area (Å²) in [7, 11) is 1.81. The van der Waals surface area contributed by atoms with Crippen molar-refractivity contribution < 1.29 is 0 Å². The van der Waals surface area contributed by atoms with E-state index in [9.17, 15) is 0 Å². The van der Waals surface area contributed by atoms with Crippen molar-refractivity contribution in [2.75, 3.05) is 7.05 Å². The second kappa shape index (κ2) is 5.32. The van der Waals surface area contributed by atoms with E-state index in [-0.39, 0.29) is 6.04 Å². The van der Waals surface area contributed by atoms with Crippen LogP contribution in [0.1, 0.15) is 18.5 Å². The molecule has 2 N–H and O–H groups in total. The first-order valence-electron chi connectivity index (χ1n) is 4.37. The van der Waals surface area contributed by atoms with Crippen LogP contribution in [0.4, 0.5) is 0 Å². The van der Waals surface area contributed by atoms with Crippen LogP contribution in [-0.4, -0.2) is 12.2 Å². The number of hydrogen-bond donors (Lipinski definition) is 2. The maximum atomic E-state index is 5.03. The van der Waals surface area contributed by atoms with Crippen molar-refractivity contribution >= 4 is 33.3 Å². The molecule has 0 bridgehead atoms. The van der Waals surface area contributed by atoms with Crippen LogP contribution in [-0.2, 0) is 0 Å². The van der Waals surface area contributed by atoms with Gasteiger partial charge in [-0.15, -0.1) is 0 Å². The highest BCUT2D eigenvalue weighted by molar-refractivity contribution is 9.10. The van der Waals surface area contributed by atoms with Gasteiger partial charge in [0.25, 0.3) is 0 Å². The van der Waals surface area contributed by atoms with E-state index in [1.165, 1.54) is 5.56 Å². The Bertz CT molecular complexity index is 310. The largest absolute Gasteiger partial charge is 0.366 e. The van der Waals surface area contributed by atoms with Crippen molar-refractivity contribution in [1.82, 2.24) is 10.6 Å². The molecule has 14 heavy (non-hydrogen) atoms. The van der Waals surface area contributed by atoms with Crippen LogP contribution in [0.15, 0.2) is 28.7 Å². The van der Waals surface area contributed by atoms with Crippen molar-refractivity contribution in [3.8, 4) is 0 Å². The van der Waals surface area contributed by atoms with Gasteiger partial charge in [-0.25, -0.2) is 0 Å². The molecule has 4 heteroatoms. The van der Waals surface area contributed by atoms with Gasteiger partial charge in [-0.3, -0.25) is 0 Å². The normalized spacial score (nSPS) is 11.9.